The van der Waals surface area contributed by atoms with Crippen molar-refractivity contribution in [2.45, 2.75) is 0 Å². The zero-order valence-electron chi connectivity index (χ0n) is 24.7. The van der Waals surface area contributed by atoms with Gasteiger partial charge in [0.2, 0.25) is 0 Å². The third-order valence-electron chi connectivity index (χ3n) is 7.92. The minimum atomic E-state index is 1.11. The summed E-state index contributed by atoms with van der Waals surface area (Å²) in [6.07, 6.45) is 0. The number of rotatable bonds is 8. The van der Waals surface area contributed by atoms with E-state index in [0.29, 0.717) is 0 Å². The minimum Gasteiger partial charge on any atom is -0.311 e. The lowest BCUT2D eigenvalue weighted by atomic mass is 10.0. The molecule has 3 heteroatoms. The van der Waals surface area contributed by atoms with Gasteiger partial charge in [-0.1, -0.05) is 115 Å². The first kappa shape index (κ1) is 28.6. The van der Waals surface area contributed by atoms with Crippen LogP contribution in [0.2, 0.25) is 0 Å². The number of benzene rings is 7. The van der Waals surface area contributed by atoms with Crippen LogP contribution in [0.15, 0.2) is 188 Å². The van der Waals surface area contributed by atoms with Gasteiger partial charge in [0, 0.05) is 37.7 Å². The van der Waals surface area contributed by atoms with Gasteiger partial charge in [-0.05, 0) is 118 Å². The quantitative estimate of drug-likeness (QED) is 0.147. The molecule has 0 amide bonds. The average molecular weight is 691 g/mol. The Morgan fingerprint density at radius 1 is 0.289 bits per heavy atom. The lowest BCUT2D eigenvalue weighted by molar-refractivity contribution is 1.28. The molecule has 45 heavy (non-hydrogen) atoms. The molecule has 216 valence electrons. The van der Waals surface area contributed by atoms with Crippen molar-refractivity contribution >= 4 is 56.7 Å². The van der Waals surface area contributed by atoms with Crippen LogP contribution in [0.25, 0.3) is 22.3 Å². The monoisotopic (exact) mass is 690 g/mol. The highest BCUT2D eigenvalue weighted by Gasteiger charge is 2.15. The average Bonchev–Trinajstić information content (AvgIpc) is 3.11. The highest BCUT2D eigenvalue weighted by molar-refractivity contribution is 14.1. The van der Waals surface area contributed by atoms with Gasteiger partial charge < -0.3 is 9.80 Å². The van der Waals surface area contributed by atoms with E-state index in [4.69, 9.17) is 0 Å². The Kier molecular flexibility index (Phi) is 8.43. The van der Waals surface area contributed by atoms with Gasteiger partial charge in [-0.3, -0.25) is 0 Å². The second-order valence-corrected chi connectivity index (χ2v) is 12.0. The molecular weight excluding hydrogens is 659 g/mol. The molecule has 0 N–H and O–H groups in total. The van der Waals surface area contributed by atoms with Gasteiger partial charge in [-0.25, -0.2) is 0 Å². The maximum Gasteiger partial charge on any atom is 0.0472 e. The van der Waals surface area contributed by atoms with E-state index in [2.05, 4.69) is 220 Å². The number of anilines is 6. The summed E-state index contributed by atoms with van der Waals surface area (Å²) in [4.78, 5) is 4.61. The molecule has 0 aliphatic rings. The largest absolute Gasteiger partial charge is 0.311 e. The molecule has 0 atom stereocenters. The second kappa shape index (κ2) is 13.2. The summed E-state index contributed by atoms with van der Waals surface area (Å²) < 4.78 is 1.22. The van der Waals surface area contributed by atoms with E-state index in [9.17, 15) is 0 Å². The Labute approximate surface area is 279 Å². The summed E-state index contributed by atoms with van der Waals surface area (Å²) in [6.45, 7) is 0. The molecule has 7 aromatic carbocycles. The molecule has 0 bridgehead atoms. The molecule has 0 aromatic heterocycles. The van der Waals surface area contributed by atoms with Gasteiger partial charge in [0.15, 0.2) is 0 Å². The third-order valence-corrected chi connectivity index (χ3v) is 8.82. The van der Waals surface area contributed by atoms with Crippen LogP contribution < -0.4 is 9.80 Å². The Hall–Kier alpha value is -5.13. The smallest absolute Gasteiger partial charge is 0.0472 e. The Balaban J connectivity index is 1.20. The van der Waals surface area contributed by atoms with Gasteiger partial charge in [0.1, 0.15) is 0 Å². The summed E-state index contributed by atoms with van der Waals surface area (Å²) in [5.41, 5.74) is 11.6. The first-order chi connectivity index (χ1) is 22.2. The molecule has 0 aliphatic heterocycles. The normalized spacial score (nSPS) is 10.8. The van der Waals surface area contributed by atoms with Crippen molar-refractivity contribution in [2.24, 2.45) is 0 Å². The van der Waals surface area contributed by atoms with Crippen LogP contribution in [0.4, 0.5) is 34.1 Å². The molecule has 0 fully saturated rings. The fourth-order valence-electron chi connectivity index (χ4n) is 5.73. The van der Waals surface area contributed by atoms with Crippen LogP contribution in [0, 0.1) is 3.57 Å². The molecule has 0 saturated carbocycles. The van der Waals surface area contributed by atoms with Crippen LogP contribution in [0.1, 0.15) is 0 Å². The van der Waals surface area contributed by atoms with Crippen molar-refractivity contribution in [3.05, 3.63) is 192 Å². The van der Waals surface area contributed by atoms with Crippen LogP contribution in [-0.2, 0) is 0 Å². The minimum absolute atomic E-state index is 1.11. The zero-order chi connectivity index (χ0) is 30.4. The molecule has 0 unspecified atom stereocenters. The Bertz CT molecular complexity index is 1940. The molecule has 7 aromatic rings. The first-order valence-electron chi connectivity index (χ1n) is 15.1. The Morgan fingerprint density at radius 2 is 0.622 bits per heavy atom. The molecule has 0 heterocycles. The summed E-state index contributed by atoms with van der Waals surface area (Å²) >= 11 is 2.46. The van der Waals surface area contributed by atoms with Gasteiger partial charge >= 0.3 is 0 Å². The SMILES string of the molecule is Ic1cc(N(c2ccccc2)c2ccc(-c3ccc(N(c4ccccc4)c4ccccc4)cc3)cc2)ccc1-c1ccccc1. The van der Waals surface area contributed by atoms with E-state index in [1.165, 1.54) is 25.8 Å². The van der Waals surface area contributed by atoms with Gasteiger partial charge in [0.25, 0.3) is 0 Å². The van der Waals surface area contributed by atoms with E-state index in [1.807, 2.05) is 0 Å². The third kappa shape index (κ3) is 6.26. The van der Waals surface area contributed by atoms with Crippen molar-refractivity contribution in [2.75, 3.05) is 9.80 Å². The van der Waals surface area contributed by atoms with Gasteiger partial charge in [-0.15, -0.1) is 0 Å². The van der Waals surface area contributed by atoms with Gasteiger partial charge in [0.05, 0.1) is 0 Å². The van der Waals surface area contributed by atoms with Crippen molar-refractivity contribution in [3.63, 3.8) is 0 Å². The maximum absolute atomic E-state index is 2.46. The highest BCUT2D eigenvalue weighted by Crippen LogP contribution is 2.39. The summed E-state index contributed by atoms with van der Waals surface area (Å²) in [5.74, 6) is 0. The number of halogens is 1. The van der Waals surface area contributed by atoms with Crippen molar-refractivity contribution < 1.29 is 0 Å². The summed E-state index contributed by atoms with van der Waals surface area (Å²) in [5, 5.41) is 0. The molecular formula is C42H31IN2. The van der Waals surface area contributed by atoms with Gasteiger partial charge in [-0.2, -0.15) is 0 Å². The van der Waals surface area contributed by atoms with Crippen molar-refractivity contribution in [3.8, 4) is 22.3 Å². The molecule has 2 nitrogen and oxygen atoms in total. The van der Waals surface area contributed by atoms with Crippen molar-refractivity contribution in [1.82, 2.24) is 0 Å². The lowest BCUT2D eigenvalue weighted by Gasteiger charge is -2.26. The zero-order valence-corrected chi connectivity index (χ0v) is 26.8. The number of hydrogen-bond donors (Lipinski definition) is 0. The Morgan fingerprint density at radius 3 is 1.02 bits per heavy atom. The van der Waals surface area contributed by atoms with E-state index in [0.717, 1.165) is 34.1 Å². The van der Waals surface area contributed by atoms with E-state index >= 15 is 0 Å². The fourth-order valence-corrected chi connectivity index (χ4v) is 6.54. The molecule has 7 rings (SSSR count). The van der Waals surface area contributed by atoms with E-state index in [1.54, 1.807) is 0 Å². The summed E-state index contributed by atoms with van der Waals surface area (Å²) in [6, 6.07) is 66.6. The summed E-state index contributed by atoms with van der Waals surface area (Å²) in [7, 11) is 0. The number of para-hydroxylation sites is 3. The maximum atomic E-state index is 2.46. The van der Waals surface area contributed by atoms with Crippen LogP contribution in [-0.4, -0.2) is 0 Å². The predicted octanol–water partition coefficient (Wildman–Crippen LogP) is 12.6. The molecule has 0 radical (unpaired) electrons. The van der Waals surface area contributed by atoms with E-state index < -0.39 is 0 Å². The van der Waals surface area contributed by atoms with Crippen LogP contribution >= 0.6 is 22.6 Å². The fraction of sp³-hybridized carbons (Fsp3) is 0. The molecule has 0 spiro atoms. The molecule has 0 saturated heterocycles. The predicted molar refractivity (Wildman–Crippen MR) is 199 cm³/mol. The highest BCUT2D eigenvalue weighted by atomic mass is 127. The second-order valence-electron chi connectivity index (χ2n) is 10.8. The van der Waals surface area contributed by atoms with Crippen LogP contribution in [0.3, 0.4) is 0 Å². The van der Waals surface area contributed by atoms with Crippen molar-refractivity contribution in [1.29, 1.82) is 0 Å². The molecule has 0 aliphatic carbocycles. The number of hydrogen-bond acceptors (Lipinski definition) is 2. The standard InChI is InChI=1S/C42H31IN2/c43-42-31-40(29-30-41(42)34-13-5-1-6-14-34)45(37-19-11-4-12-20-37)39-27-23-33(24-28-39)32-21-25-38(26-22-32)44(35-15-7-2-8-16-35)36-17-9-3-10-18-36/h1-31H. The first-order valence-corrected chi connectivity index (χ1v) is 16.1. The van der Waals surface area contributed by atoms with E-state index in [-0.39, 0.29) is 0 Å². The topological polar surface area (TPSA) is 6.48 Å². The van der Waals surface area contributed by atoms with Crippen LogP contribution in [0.5, 0.6) is 0 Å². The lowest BCUT2D eigenvalue weighted by Crippen LogP contribution is -2.10. The number of nitrogens with zero attached hydrogens (tertiary/aromatic N) is 2.